The van der Waals surface area contributed by atoms with Crippen LogP contribution in [0.4, 0.5) is 0 Å². The predicted molar refractivity (Wildman–Crippen MR) is 42.3 cm³/mol. The molecule has 0 aliphatic carbocycles. The first kappa shape index (κ1) is 11.4. The Hall–Kier alpha value is 0.400. The highest BCUT2D eigenvalue weighted by molar-refractivity contribution is 7.46. The van der Waals surface area contributed by atoms with Gasteiger partial charge in [-0.1, -0.05) is 25.4 Å². The van der Waals surface area contributed by atoms with Crippen molar-refractivity contribution < 1.29 is 18.9 Å². The van der Waals surface area contributed by atoms with Crippen molar-refractivity contribution in [2.75, 3.05) is 0 Å². The van der Waals surface area contributed by atoms with E-state index in [1.807, 2.05) is 0 Å². The Morgan fingerprint density at radius 3 is 1.91 bits per heavy atom. The zero-order valence-electron chi connectivity index (χ0n) is 6.45. The van der Waals surface area contributed by atoms with Gasteiger partial charge in [-0.25, -0.2) is 4.57 Å². The lowest BCUT2D eigenvalue weighted by molar-refractivity contribution is 0.0950. The molecule has 0 aromatic carbocycles. The fourth-order valence-electron chi connectivity index (χ4n) is 0.592. The number of hydrogen-bond acceptors (Lipinski definition) is 2. The van der Waals surface area contributed by atoms with E-state index in [1.165, 1.54) is 0 Å². The van der Waals surface area contributed by atoms with Gasteiger partial charge in [0.25, 0.3) is 0 Å². The highest BCUT2D eigenvalue weighted by Crippen LogP contribution is 2.45. The van der Waals surface area contributed by atoms with Crippen molar-refractivity contribution in [1.82, 2.24) is 0 Å². The molecule has 0 amide bonds. The van der Waals surface area contributed by atoms with Crippen molar-refractivity contribution >= 4 is 19.4 Å². The zero-order chi connectivity index (χ0) is 9.12. The summed E-state index contributed by atoms with van der Waals surface area (Å²) in [6.45, 7) is 3.40. The Morgan fingerprint density at radius 2 is 1.82 bits per heavy atom. The van der Waals surface area contributed by atoms with E-state index in [1.54, 1.807) is 13.8 Å². The van der Waals surface area contributed by atoms with Gasteiger partial charge < -0.3 is 9.79 Å². The van der Waals surface area contributed by atoms with Crippen LogP contribution in [0.15, 0.2) is 0 Å². The summed E-state index contributed by atoms with van der Waals surface area (Å²) in [5.41, 5.74) is 0. The second kappa shape index (κ2) is 3.87. The van der Waals surface area contributed by atoms with Crippen molar-refractivity contribution in [2.45, 2.75) is 31.7 Å². The second-order valence-corrected chi connectivity index (χ2v) is 4.02. The van der Waals surface area contributed by atoms with E-state index in [-0.39, 0.29) is 0 Å². The van der Waals surface area contributed by atoms with Gasteiger partial charge in [0.1, 0.15) is 0 Å². The third-order valence-corrected chi connectivity index (χ3v) is 2.65. The number of halogens is 1. The van der Waals surface area contributed by atoms with Crippen molar-refractivity contribution in [2.24, 2.45) is 0 Å². The number of rotatable bonds is 4. The van der Waals surface area contributed by atoms with E-state index in [0.29, 0.717) is 12.8 Å². The summed E-state index contributed by atoms with van der Waals surface area (Å²) in [6.07, 6.45) is 0.715. The molecule has 0 bridgehead atoms. The lowest BCUT2D eigenvalue weighted by Crippen LogP contribution is -2.21. The third-order valence-electron chi connectivity index (χ3n) is 1.34. The van der Waals surface area contributed by atoms with Crippen LogP contribution in [0.25, 0.3) is 0 Å². The maximum absolute atomic E-state index is 10.4. The topological polar surface area (TPSA) is 66.8 Å². The highest BCUT2D eigenvalue weighted by Gasteiger charge is 2.32. The van der Waals surface area contributed by atoms with Crippen molar-refractivity contribution in [3.8, 4) is 0 Å². The molecule has 0 aromatic heterocycles. The summed E-state index contributed by atoms with van der Waals surface area (Å²) < 4.78 is 14.7. The van der Waals surface area contributed by atoms with Crippen LogP contribution in [0.5, 0.6) is 0 Å². The second-order valence-electron chi connectivity index (χ2n) is 2.17. The summed E-state index contributed by atoms with van der Waals surface area (Å²) in [5.74, 6) is 0. The molecular weight excluding hydrogens is 190 g/mol. The Kier molecular flexibility index (Phi) is 4.02. The number of phosphoric ester groups is 1. The maximum atomic E-state index is 10.4. The Balaban J connectivity index is 4.20. The molecule has 0 unspecified atom stereocenters. The zero-order valence-corrected chi connectivity index (χ0v) is 8.10. The molecule has 0 heterocycles. The Labute approximate surface area is 70.8 Å². The molecule has 11 heavy (non-hydrogen) atoms. The van der Waals surface area contributed by atoms with Crippen LogP contribution in [0, 0.1) is 0 Å². The molecule has 2 N–H and O–H groups in total. The standard InChI is InChI=1S/C5H12ClO4P/c1-3-5(6,4-2)10-11(7,8)9/h3-4H2,1-2H3,(H2,7,8,9). The van der Waals surface area contributed by atoms with Crippen LogP contribution in [-0.2, 0) is 9.09 Å². The maximum Gasteiger partial charge on any atom is 0.471 e. The quantitative estimate of drug-likeness (QED) is 0.539. The van der Waals surface area contributed by atoms with E-state index >= 15 is 0 Å². The molecule has 0 spiro atoms. The van der Waals surface area contributed by atoms with Crippen LogP contribution in [0.3, 0.4) is 0 Å². The van der Waals surface area contributed by atoms with E-state index in [4.69, 9.17) is 21.4 Å². The largest absolute Gasteiger partial charge is 0.471 e. The Bertz CT molecular complexity index is 162. The molecule has 0 fully saturated rings. The van der Waals surface area contributed by atoms with Gasteiger partial charge in [0.05, 0.1) is 0 Å². The molecule has 0 rings (SSSR count). The molecular formula is C5H12ClO4P. The summed E-state index contributed by atoms with van der Waals surface area (Å²) in [5, 5.41) is -1.22. The minimum atomic E-state index is -4.45. The van der Waals surface area contributed by atoms with Gasteiger partial charge in [0.15, 0.2) is 5.06 Å². The molecule has 68 valence electrons. The third kappa shape index (κ3) is 4.77. The number of alkyl halides is 1. The first-order valence-electron chi connectivity index (χ1n) is 3.28. The van der Waals surface area contributed by atoms with E-state index in [2.05, 4.69) is 4.52 Å². The van der Waals surface area contributed by atoms with Crippen LogP contribution >= 0.6 is 19.4 Å². The molecule has 0 aliphatic rings. The average Bonchev–Trinajstić information content (AvgIpc) is 1.84. The van der Waals surface area contributed by atoms with Crippen molar-refractivity contribution in [3.63, 3.8) is 0 Å². The van der Waals surface area contributed by atoms with Gasteiger partial charge in [-0.2, -0.15) is 0 Å². The fraction of sp³-hybridized carbons (Fsp3) is 1.00. The molecule has 0 radical (unpaired) electrons. The lowest BCUT2D eigenvalue weighted by Gasteiger charge is -2.23. The first-order valence-corrected chi connectivity index (χ1v) is 5.19. The molecule has 6 heteroatoms. The van der Waals surface area contributed by atoms with E-state index in [0.717, 1.165) is 0 Å². The van der Waals surface area contributed by atoms with Crippen LogP contribution in [0.1, 0.15) is 26.7 Å². The van der Waals surface area contributed by atoms with Crippen molar-refractivity contribution in [3.05, 3.63) is 0 Å². The summed E-state index contributed by atoms with van der Waals surface area (Å²) in [4.78, 5) is 16.8. The molecule has 0 saturated carbocycles. The van der Waals surface area contributed by atoms with Gasteiger partial charge in [-0.05, 0) is 12.8 Å². The SMILES string of the molecule is CCC(Cl)(CC)OP(=O)(O)O. The molecule has 0 saturated heterocycles. The van der Waals surface area contributed by atoms with Gasteiger partial charge in [-0.3, -0.25) is 4.52 Å². The average molecular weight is 203 g/mol. The first-order chi connectivity index (χ1) is 4.83. The monoisotopic (exact) mass is 202 g/mol. The number of hydrogen-bond donors (Lipinski definition) is 2. The van der Waals surface area contributed by atoms with Gasteiger partial charge in [0, 0.05) is 0 Å². The molecule has 0 aromatic rings. The van der Waals surface area contributed by atoms with Crippen LogP contribution in [-0.4, -0.2) is 14.8 Å². The summed E-state index contributed by atoms with van der Waals surface area (Å²) in [6, 6.07) is 0. The summed E-state index contributed by atoms with van der Waals surface area (Å²) in [7, 11) is -4.45. The van der Waals surface area contributed by atoms with Crippen LogP contribution < -0.4 is 0 Å². The van der Waals surface area contributed by atoms with Gasteiger partial charge in [-0.15, -0.1) is 0 Å². The molecule has 4 nitrogen and oxygen atoms in total. The van der Waals surface area contributed by atoms with Crippen LogP contribution in [0.2, 0.25) is 0 Å². The van der Waals surface area contributed by atoms with E-state index in [9.17, 15) is 4.57 Å². The Morgan fingerprint density at radius 1 is 1.45 bits per heavy atom. The predicted octanol–water partition coefficient (Wildman–Crippen LogP) is 1.85. The molecule has 0 aliphatic heterocycles. The highest BCUT2D eigenvalue weighted by atomic mass is 35.5. The normalized spacial score (nSPS) is 13.5. The summed E-state index contributed by atoms with van der Waals surface area (Å²) >= 11 is 5.68. The number of phosphoric acid groups is 1. The van der Waals surface area contributed by atoms with Crippen molar-refractivity contribution in [1.29, 1.82) is 0 Å². The fourth-order valence-corrected chi connectivity index (χ4v) is 1.55. The minimum absolute atomic E-state index is 0.357. The minimum Gasteiger partial charge on any atom is -0.303 e. The smallest absolute Gasteiger partial charge is 0.303 e. The van der Waals surface area contributed by atoms with E-state index < -0.39 is 12.9 Å². The molecule has 0 atom stereocenters. The van der Waals surface area contributed by atoms with Gasteiger partial charge in [0.2, 0.25) is 0 Å². The lowest BCUT2D eigenvalue weighted by atomic mass is 10.2. The van der Waals surface area contributed by atoms with Gasteiger partial charge >= 0.3 is 7.82 Å².